The Morgan fingerprint density at radius 2 is 1.89 bits per heavy atom. The molecule has 0 bridgehead atoms. The van der Waals surface area contributed by atoms with Gasteiger partial charge in [-0.1, -0.05) is 19.3 Å². The summed E-state index contributed by atoms with van der Waals surface area (Å²) >= 11 is 0. The number of nitrogens with one attached hydrogen (secondary N) is 1. The van der Waals surface area contributed by atoms with Crippen LogP contribution in [0.15, 0.2) is 0 Å². The van der Waals surface area contributed by atoms with Gasteiger partial charge in [0, 0.05) is 13.0 Å². The van der Waals surface area contributed by atoms with Crippen LogP contribution in [-0.2, 0) is 14.4 Å². The van der Waals surface area contributed by atoms with E-state index < -0.39 is 11.5 Å². The van der Waals surface area contributed by atoms with Crippen LogP contribution in [0.5, 0.6) is 0 Å². The van der Waals surface area contributed by atoms with Crippen molar-refractivity contribution in [2.24, 2.45) is 0 Å². The zero-order valence-corrected chi connectivity index (χ0v) is 11.0. The van der Waals surface area contributed by atoms with E-state index in [0.29, 0.717) is 25.8 Å². The summed E-state index contributed by atoms with van der Waals surface area (Å²) in [4.78, 5) is 36.3. The maximum atomic E-state index is 12.0. The van der Waals surface area contributed by atoms with Gasteiger partial charge in [0.15, 0.2) is 0 Å². The van der Waals surface area contributed by atoms with Crippen LogP contribution in [0.4, 0.5) is 0 Å². The molecule has 1 aliphatic heterocycles. The number of carbonyl (C=O) groups excluding carboxylic acids is 2. The van der Waals surface area contributed by atoms with Crippen LogP contribution in [0, 0.1) is 0 Å². The molecule has 2 amide bonds. The summed E-state index contributed by atoms with van der Waals surface area (Å²) < 4.78 is 0. The first kappa shape index (κ1) is 13.8. The number of carbonyl (C=O) groups is 3. The standard InChI is InChI=1S/C13H20N2O4/c16-10(9-15-8-4-5-11(15)17)14-13(12(18)19)6-2-1-3-7-13/h1-9H2,(H,14,16)(H,18,19). The average molecular weight is 268 g/mol. The molecule has 0 unspecified atom stereocenters. The summed E-state index contributed by atoms with van der Waals surface area (Å²) in [6, 6.07) is 0. The van der Waals surface area contributed by atoms with E-state index >= 15 is 0 Å². The Kier molecular flexibility index (Phi) is 4.07. The molecule has 106 valence electrons. The van der Waals surface area contributed by atoms with Crippen molar-refractivity contribution in [3.63, 3.8) is 0 Å². The van der Waals surface area contributed by atoms with Crippen LogP contribution in [0.2, 0.25) is 0 Å². The molecule has 0 atom stereocenters. The van der Waals surface area contributed by atoms with Gasteiger partial charge in [-0.05, 0) is 19.3 Å². The lowest BCUT2D eigenvalue weighted by Gasteiger charge is -2.34. The first-order chi connectivity index (χ1) is 9.03. The van der Waals surface area contributed by atoms with Gasteiger partial charge in [-0.2, -0.15) is 0 Å². The molecular weight excluding hydrogens is 248 g/mol. The maximum absolute atomic E-state index is 12.0. The molecule has 0 aromatic heterocycles. The fraction of sp³-hybridized carbons (Fsp3) is 0.769. The molecule has 0 spiro atoms. The normalized spacial score (nSPS) is 22.3. The zero-order chi connectivity index (χ0) is 13.9. The van der Waals surface area contributed by atoms with Crippen LogP contribution in [-0.4, -0.2) is 46.4 Å². The van der Waals surface area contributed by atoms with Gasteiger partial charge in [-0.3, -0.25) is 9.59 Å². The van der Waals surface area contributed by atoms with Crippen molar-refractivity contribution in [3.05, 3.63) is 0 Å². The molecule has 0 aromatic rings. The van der Waals surface area contributed by atoms with Crippen molar-refractivity contribution in [1.82, 2.24) is 10.2 Å². The van der Waals surface area contributed by atoms with Gasteiger partial charge in [0.2, 0.25) is 11.8 Å². The largest absolute Gasteiger partial charge is 0.480 e. The third-order valence-electron chi connectivity index (χ3n) is 4.00. The monoisotopic (exact) mass is 268 g/mol. The van der Waals surface area contributed by atoms with Crippen LogP contribution < -0.4 is 5.32 Å². The summed E-state index contributed by atoms with van der Waals surface area (Å²) in [5.41, 5.74) is -1.13. The quantitative estimate of drug-likeness (QED) is 0.778. The van der Waals surface area contributed by atoms with Crippen molar-refractivity contribution in [2.45, 2.75) is 50.5 Å². The fourth-order valence-electron chi connectivity index (χ4n) is 2.90. The van der Waals surface area contributed by atoms with Crippen LogP contribution in [0.3, 0.4) is 0 Å². The molecule has 2 aliphatic rings. The fourth-order valence-corrected chi connectivity index (χ4v) is 2.90. The highest BCUT2D eigenvalue weighted by Gasteiger charge is 2.41. The maximum Gasteiger partial charge on any atom is 0.329 e. The van der Waals surface area contributed by atoms with E-state index in [-0.39, 0.29) is 18.4 Å². The van der Waals surface area contributed by atoms with E-state index in [9.17, 15) is 19.5 Å². The van der Waals surface area contributed by atoms with Gasteiger partial charge >= 0.3 is 5.97 Å². The minimum atomic E-state index is -1.13. The SMILES string of the molecule is O=C(CN1CCCC1=O)NC1(C(=O)O)CCCCC1. The number of likely N-dealkylation sites (tertiary alicyclic amines) is 1. The Balaban J connectivity index is 1.95. The highest BCUT2D eigenvalue weighted by Crippen LogP contribution is 2.28. The van der Waals surface area contributed by atoms with Crippen molar-refractivity contribution in [2.75, 3.05) is 13.1 Å². The first-order valence-corrected chi connectivity index (χ1v) is 6.86. The van der Waals surface area contributed by atoms with E-state index in [0.717, 1.165) is 25.7 Å². The van der Waals surface area contributed by atoms with Crippen LogP contribution in [0.25, 0.3) is 0 Å². The number of carboxylic acid groups (broad SMARTS) is 1. The summed E-state index contributed by atoms with van der Waals surface area (Å²) in [5, 5.41) is 12.0. The lowest BCUT2D eigenvalue weighted by Crippen LogP contribution is -2.57. The Hall–Kier alpha value is -1.59. The third kappa shape index (κ3) is 3.05. The smallest absolute Gasteiger partial charge is 0.329 e. The van der Waals surface area contributed by atoms with Gasteiger partial charge in [-0.25, -0.2) is 4.79 Å². The number of nitrogens with zero attached hydrogens (tertiary/aromatic N) is 1. The molecule has 0 radical (unpaired) electrons. The summed E-state index contributed by atoms with van der Waals surface area (Å²) in [6.07, 6.45) is 4.84. The Bertz CT molecular complexity index is 388. The van der Waals surface area contributed by atoms with Gasteiger partial charge in [0.25, 0.3) is 0 Å². The number of amides is 2. The molecular formula is C13H20N2O4. The average Bonchev–Trinajstić information content (AvgIpc) is 2.76. The molecule has 1 saturated heterocycles. The van der Waals surface area contributed by atoms with Crippen molar-refractivity contribution in [1.29, 1.82) is 0 Å². The van der Waals surface area contributed by atoms with E-state index in [1.165, 1.54) is 4.90 Å². The predicted molar refractivity (Wildman–Crippen MR) is 67.4 cm³/mol. The highest BCUT2D eigenvalue weighted by molar-refractivity contribution is 5.90. The first-order valence-electron chi connectivity index (χ1n) is 6.86. The van der Waals surface area contributed by atoms with Gasteiger partial charge in [0.05, 0.1) is 6.54 Å². The van der Waals surface area contributed by atoms with Crippen molar-refractivity contribution >= 4 is 17.8 Å². The molecule has 1 saturated carbocycles. The second-order valence-corrected chi connectivity index (χ2v) is 5.41. The lowest BCUT2D eigenvalue weighted by molar-refractivity contribution is -0.149. The number of carboxylic acids is 1. The molecule has 2 rings (SSSR count). The second kappa shape index (κ2) is 5.59. The Morgan fingerprint density at radius 1 is 1.21 bits per heavy atom. The highest BCUT2D eigenvalue weighted by atomic mass is 16.4. The molecule has 0 aromatic carbocycles. The van der Waals surface area contributed by atoms with E-state index in [1.54, 1.807) is 0 Å². The minimum absolute atomic E-state index is 0.0200. The second-order valence-electron chi connectivity index (χ2n) is 5.41. The van der Waals surface area contributed by atoms with Crippen LogP contribution in [0.1, 0.15) is 44.9 Å². The van der Waals surface area contributed by atoms with Gasteiger partial charge < -0.3 is 15.3 Å². The number of hydrogen-bond acceptors (Lipinski definition) is 3. The summed E-state index contributed by atoms with van der Waals surface area (Å²) in [7, 11) is 0. The number of hydrogen-bond donors (Lipinski definition) is 2. The third-order valence-corrected chi connectivity index (χ3v) is 4.00. The molecule has 6 nitrogen and oxygen atoms in total. The predicted octanol–water partition coefficient (Wildman–Crippen LogP) is 0.512. The summed E-state index contributed by atoms with van der Waals surface area (Å²) in [5.74, 6) is -1.35. The minimum Gasteiger partial charge on any atom is -0.480 e. The zero-order valence-electron chi connectivity index (χ0n) is 11.0. The van der Waals surface area contributed by atoms with Gasteiger partial charge in [-0.15, -0.1) is 0 Å². The van der Waals surface area contributed by atoms with Crippen molar-refractivity contribution < 1.29 is 19.5 Å². The molecule has 2 N–H and O–H groups in total. The number of aliphatic carboxylic acids is 1. The molecule has 19 heavy (non-hydrogen) atoms. The molecule has 1 heterocycles. The van der Waals surface area contributed by atoms with Crippen molar-refractivity contribution in [3.8, 4) is 0 Å². The molecule has 2 fully saturated rings. The Labute approximate surface area is 112 Å². The van der Waals surface area contributed by atoms with Gasteiger partial charge in [0.1, 0.15) is 5.54 Å². The van der Waals surface area contributed by atoms with E-state index in [1.807, 2.05) is 0 Å². The summed E-state index contributed by atoms with van der Waals surface area (Å²) in [6.45, 7) is 0.570. The van der Waals surface area contributed by atoms with E-state index in [2.05, 4.69) is 5.32 Å². The molecule has 6 heteroatoms. The molecule has 1 aliphatic carbocycles. The van der Waals surface area contributed by atoms with Crippen LogP contribution >= 0.6 is 0 Å². The topological polar surface area (TPSA) is 86.7 Å². The lowest BCUT2D eigenvalue weighted by atomic mass is 9.81. The Morgan fingerprint density at radius 3 is 2.42 bits per heavy atom. The van der Waals surface area contributed by atoms with E-state index in [4.69, 9.17) is 0 Å². The number of rotatable bonds is 4.